The number of ether oxygens (including phenoxy) is 1. The third kappa shape index (κ3) is 4.97. The molecule has 1 aliphatic rings. The lowest BCUT2D eigenvalue weighted by atomic mass is 9.90. The highest BCUT2D eigenvalue weighted by Crippen LogP contribution is 2.45. The van der Waals surface area contributed by atoms with Gasteiger partial charge in [0, 0.05) is 11.6 Å². The van der Waals surface area contributed by atoms with Crippen LogP contribution in [0.4, 0.5) is 0 Å². The van der Waals surface area contributed by atoms with Crippen LogP contribution < -0.4 is 4.74 Å². The van der Waals surface area contributed by atoms with Crippen molar-refractivity contribution in [2.45, 2.75) is 51.4 Å². The van der Waals surface area contributed by atoms with Crippen molar-refractivity contribution in [1.29, 1.82) is 0 Å². The van der Waals surface area contributed by atoms with Gasteiger partial charge in [-0.15, -0.1) is 0 Å². The van der Waals surface area contributed by atoms with Gasteiger partial charge in [0.2, 0.25) is 5.78 Å². The number of aliphatic hydroxyl groups is 2. The Balaban J connectivity index is 1.87. The number of fused-ring (bicyclic) bond motifs is 1. The van der Waals surface area contributed by atoms with Gasteiger partial charge in [0.25, 0.3) is 0 Å². The van der Waals surface area contributed by atoms with Crippen molar-refractivity contribution in [3.63, 3.8) is 0 Å². The number of hydrogen-bond donors (Lipinski definition) is 6. The molecule has 2 aromatic carbocycles. The van der Waals surface area contributed by atoms with Gasteiger partial charge in [-0.1, -0.05) is 29.9 Å². The van der Waals surface area contributed by atoms with Gasteiger partial charge in [0.15, 0.2) is 23.7 Å². The van der Waals surface area contributed by atoms with Crippen LogP contribution in [0.5, 0.6) is 28.7 Å². The Morgan fingerprint density at radius 3 is 2.45 bits per heavy atom. The summed E-state index contributed by atoms with van der Waals surface area (Å²) in [6.07, 6.45) is -0.515. The van der Waals surface area contributed by atoms with Gasteiger partial charge >= 0.3 is 0 Å². The van der Waals surface area contributed by atoms with E-state index in [1.165, 1.54) is 18.2 Å². The SMILES string of the molecule is C=C(C)C(O)CCC(C)=CCc1c(O)cc2c(c1O)C(=O)C(O)C(c1ccc(O)c(O)c1)O2. The molecule has 0 saturated heterocycles. The maximum Gasteiger partial charge on any atom is 0.202 e. The van der Waals surface area contributed by atoms with Crippen LogP contribution >= 0.6 is 0 Å². The number of hydrogen-bond acceptors (Lipinski definition) is 8. The Hall–Kier alpha value is -3.49. The van der Waals surface area contributed by atoms with Crippen molar-refractivity contribution < 1.29 is 40.2 Å². The molecule has 2 aromatic rings. The Kier molecular flexibility index (Phi) is 7.00. The average Bonchev–Trinajstić information content (AvgIpc) is 2.75. The molecule has 8 nitrogen and oxygen atoms in total. The zero-order valence-corrected chi connectivity index (χ0v) is 18.4. The van der Waals surface area contributed by atoms with Crippen molar-refractivity contribution >= 4 is 5.78 Å². The molecule has 0 bridgehead atoms. The molecule has 1 heterocycles. The Morgan fingerprint density at radius 1 is 1.12 bits per heavy atom. The molecule has 0 saturated carbocycles. The molecule has 0 fully saturated rings. The van der Waals surface area contributed by atoms with Crippen LogP contribution in [0.15, 0.2) is 48.1 Å². The van der Waals surface area contributed by atoms with E-state index in [1.807, 2.05) is 6.92 Å². The van der Waals surface area contributed by atoms with Gasteiger partial charge in [-0.05, 0) is 50.8 Å². The van der Waals surface area contributed by atoms with Gasteiger partial charge in [0.1, 0.15) is 22.8 Å². The van der Waals surface area contributed by atoms with E-state index in [-0.39, 0.29) is 40.4 Å². The second-order valence-electron chi connectivity index (χ2n) is 8.35. The number of carbonyl (C=O) groups is 1. The summed E-state index contributed by atoms with van der Waals surface area (Å²) in [6, 6.07) is 4.94. The smallest absolute Gasteiger partial charge is 0.202 e. The summed E-state index contributed by atoms with van der Waals surface area (Å²) in [5, 5.41) is 60.8. The van der Waals surface area contributed by atoms with Crippen molar-refractivity contribution in [2.75, 3.05) is 0 Å². The van der Waals surface area contributed by atoms with E-state index in [9.17, 15) is 35.4 Å². The van der Waals surface area contributed by atoms with E-state index in [4.69, 9.17) is 4.74 Å². The molecule has 3 atom stereocenters. The molecule has 0 aliphatic carbocycles. The summed E-state index contributed by atoms with van der Waals surface area (Å²) in [5.74, 6) is -2.47. The lowest BCUT2D eigenvalue weighted by Crippen LogP contribution is -2.36. The second kappa shape index (κ2) is 9.56. The number of carbonyl (C=O) groups excluding carboxylic acids is 1. The van der Waals surface area contributed by atoms with Gasteiger partial charge in [-0.3, -0.25) is 4.79 Å². The van der Waals surface area contributed by atoms with Crippen LogP contribution in [0.25, 0.3) is 0 Å². The third-order valence-electron chi connectivity index (χ3n) is 5.77. The van der Waals surface area contributed by atoms with E-state index in [2.05, 4.69) is 6.58 Å². The molecule has 3 rings (SSSR count). The van der Waals surface area contributed by atoms with Crippen LogP contribution in [0, 0.1) is 0 Å². The zero-order valence-electron chi connectivity index (χ0n) is 18.4. The van der Waals surface area contributed by atoms with Gasteiger partial charge in [-0.25, -0.2) is 0 Å². The Bertz CT molecular complexity index is 1120. The minimum absolute atomic E-state index is 0.105. The highest BCUT2D eigenvalue weighted by Gasteiger charge is 2.40. The molecule has 3 unspecified atom stereocenters. The summed E-state index contributed by atoms with van der Waals surface area (Å²) in [5.41, 5.74) is 1.69. The maximum atomic E-state index is 12.9. The third-order valence-corrected chi connectivity index (χ3v) is 5.77. The van der Waals surface area contributed by atoms with Crippen molar-refractivity contribution in [3.05, 3.63) is 64.8 Å². The van der Waals surface area contributed by atoms with Crippen molar-refractivity contribution in [1.82, 2.24) is 0 Å². The second-order valence-corrected chi connectivity index (χ2v) is 8.35. The lowest BCUT2D eigenvalue weighted by Gasteiger charge is -2.31. The first-order valence-electron chi connectivity index (χ1n) is 10.5. The predicted molar refractivity (Wildman–Crippen MR) is 121 cm³/mol. The molecule has 6 N–H and O–H groups in total. The number of phenols is 4. The normalized spacial score (nSPS) is 19.0. The molecular weight excluding hydrogens is 428 g/mol. The van der Waals surface area contributed by atoms with Crippen LogP contribution in [0.2, 0.25) is 0 Å². The largest absolute Gasteiger partial charge is 0.507 e. The van der Waals surface area contributed by atoms with Crippen LogP contribution in [-0.2, 0) is 6.42 Å². The maximum absolute atomic E-state index is 12.9. The molecule has 0 amide bonds. The molecule has 0 aromatic heterocycles. The average molecular weight is 456 g/mol. The fraction of sp³-hybridized carbons (Fsp3) is 0.320. The quantitative estimate of drug-likeness (QED) is 0.274. The van der Waals surface area contributed by atoms with E-state index in [1.54, 1.807) is 13.0 Å². The first-order chi connectivity index (χ1) is 15.5. The number of phenolic OH excluding ortho intramolecular Hbond substituents is 4. The van der Waals surface area contributed by atoms with Crippen LogP contribution in [-0.4, -0.2) is 48.6 Å². The molecular formula is C25H28O8. The van der Waals surface area contributed by atoms with E-state index in [0.29, 0.717) is 18.4 Å². The summed E-state index contributed by atoms with van der Waals surface area (Å²) in [6.45, 7) is 7.31. The number of ketones is 1. The topological polar surface area (TPSA) is 148 Å². The van der Waals surface area contributed by atoms with Gasteiger partial charge < -0.3 is 35.4 Å². The number of Topliss-reactive ketones (excluding diaryl/α,β-unsaturated/α-hetero) is 1. The fourth-order valence-electron chi connectivity index (χ4n) is 3.65. The number of allylic oxidation sites excluding steroid dienone is 2. The monoisotopic (exact) mass is 456 g/mol. The lowest BCUT2D eigenvalue weighted by molar-refractivity contribution is 0.0209. The molecule has 0 spiro atoms. The zero-order chi connectivity index (χ0) is 24.4. The van der Waals surface area contributed by atoms with E-state index in [0.717, 1.165) is 11.6 Å². The highest BCUT2D eigenvalue weighted by molar-refractivity contribution is 6.06. The fourth-order valence-corrected chi connectivity index (χ4v) is 3.65. The minimum Gasteiger partial charge on any atom is -0.507 e. The van der Waals surface area contributed by atoms with Gasteiger partial charge in [-0.2, -0.15) is 0 Å². The van der Waals surface area contributed by atoms with Gasteiger partial charge in [0.05, 0.1) is 6.10 Å². The van der Waals surface area contributed by atoms with Crippen molar-refractivity contribution in [2.24, 2.45) is 0 Å². The summed E-state index contributed by atoms with van der Waals surface area (Å²) >= 11 is 0. The first-order valence-corrected chi connectivity index (χ1v) is 10.5. The molecule has 1 aliphatic heterocycles. The first kappa shape index (κ1) is 24.2. The molecule has 33 heavy (non-hydrogen) atoms. The minimum atomic E-state index is -1.68. The number of benzene rings is 2. The molecule has 176 valence electrons. The molecule has 8 heteroatoms. The number of rotatable bonds is 7. The Morgan fingerprint density at radius 2 is 1.82 bits per heavy atom. The number of aromatic hydroxyl groups is 4. The Labute approximate surface area is 191 Å². The number of aliphatic hydroxyl groups excluding tert-OH is 2. The van der Waals surface area contributed by atoms with Crippen LogP contribution in [0.3, 0.4) is 0 Å². The highest BCUT2D eigenvalue weighted by atomic mass is 16.5. The standard InChI is InChI=1S/C25H28O8/c1-12(2)16(26)8-5-13(3)4-7-15-18(28)11-20-21(22(15)30)23(31)24(32)25(33-20)14-6-9-17(27)19(29)10-14/h4,6,9-11,16,24-30,32H,1,5,7-8H2,2-3H3. The van der Waals surface area contributed by atoms with E-state index >= 15 is 0 Å². The predicted octanol–water partition coefficient (Wildman–Crippen LogP) is 3.39. The molecule has 0 radical (unpaired) electrons. The summed E-state index contributed by atoms with van der Waals surface area (Å²) in [7, 11) is 0. The van der Waals surface area contributed by atoms with Crippen LogP contribution in [0.1, 0.15) is 54.3 Å². The summed E-state index contributed by atoms with van der Waals surface area (Å²) < 4.78 is 5.69. The van der Waals surface area contributed by atoms with Crippen molar-refractivity contribution in [3.8, 4) is 28.7 Å². The summed E-state index contributed by atoms with van der Waals surface area (Å²) in [4.78, 5) is 12.9. The van der Waals surface area contributed by atoms with E-state index < -0.39 is 35.6 Å².